The first-order chi connectivity index (χ1) is 16.4. The SMILES string of the molecule is CCCCNC(=O)C(c1cccc(C)c1O)N(C(=O)C(CC(N)=O)NC(=O)OC(C)(C)C)C1CC1. The lowest BCUT2D eigenvalue weighted by atomic mass is 9.98. The molecular weight excluding hydrogens is 452 g/mol. The van der Waals surface area contributed by atoms with Gasteiger partial charge in [-0.05, 0) is 52.5 Å². The number of alkyl carbamates (subject to hydrolysis) is 1. The Morgan fingerprint density at radius 1 is 1.23 bits per heavy atom. The topological polar surface area (TPSA) is 151 Å². The van der Waals surface area contributed by atoms with Gasteiger partial charge in [-0.15, -0.1) is 0 Å². The Morgan fingerprint density at radius 2 is 1.89 bits per heavy atom. The Hall–Kier alpha value is -3.30. The predicted octanol–water partition coefficient (Wildman–Crippen LogP) is 2.42. The first-order valence-electron chi connectivity index (χ1n) is 12.0. The number of aromatic hydroxyl groups is 1. The molecule has 1 aliphatic rings. The summed E-state index contributed by atoms with van der Waals surface area (Å²) < 4.78 is 5.26. The van der Waals surface area contributed by atoms with Gasteiger partial charge in [0.25, 0.3) is 0 Å². The third kappa shape index (κ3) is 8.15. The maximum absolute atomic E-state index is 13.8. The molecule has 1 aromatic carbocycles. The van der Waals surface area contributed by atoms with Gasteiger partial charge in [-0.25, -0.2) is 4.79 Å². The fraction of sp³-hybridized carbons (Fsp3) is 0.600. The van der Waals surface area contributed by atoms with Gasteiger partial charge in [0.05, 0.1) is 6.42 Å². The van der Waals surface area contributed by atoms with Gasteiger partial charge in [0, 0.05) is 18.2 Å². The lowest BCUT2D eigenvalue weighted by Crippen LogP contribution is -2.54. The lowest BCUT2D eigenvalue weighted by molar-refractivity contribution is -0.144. The minimum Gasteiger partial charge on any atom is -0.507 e. The average Bonchev–Trinajstić information content (AvgIpc) is 3.57. The Kier molecular flexibility index (Phi) is 9.50. The van der Waals surface area contributed by atoms with Gasteiger partial charge in [-0.1, -0.05) is 31.5 Å². The molecule has 0 bridgehead atoms. The molecule has 1 fully saturated rings. The number of benzene rings is 1. The largest absolute Gasteiger partial charge is 0.507 e. The predicted molar refractivity (Wildman–Crippen MR) is 130 cm³/mol. The zero-order chi connectivity index (χ0) is 26.3. The molecule has 10 nitrogen and oxygen atoms in total. The summed E-state index contributed by atoms with van der Waals surface area (Å²) in [7, 11) is 0. The van der Waals surface area contributed by atoms with E-state index < -0.39 is 47.9 Å². The summed E-state index contributed by atoms with van der Waals surface area (Å²) in [5.41, 5.74) is 5.38. The van der Waals surface area contributed by atoms with Crippen LogP contribution < -0.4 is 16.4 Å². The van der Waals surface area contributed by atoms with Crippen molar-refractivity contribution >= 4 is 23.8 Å². The second-order valence-corrected chi connectivity index (χ2v) is 9.91. The molecular formula is C25H38N4O6. The molecule has 0 heterocycles. The minimum atomic E-state index is -1.33. The van der Waals surface area contributed by atoms with E-state index in [1.54, 1.807) is 45.9 Å². The van der Waals surface area contributed by atoms with Gasteiger partial charge in [0.1, 0.15) is 23.4 Å². The molecule has 1 aliphatic carbocycles. The molecule has 194 valence electrons. The van der Waals surface area contributed by atoms with Crippen molar-refractivity contribution in [3.05, 3.63) is 29.3 Å². The highest BCUT2D eigenvalue weighted by Crippen LogP contribution is 2.39. The Morgan fingerprint density at radius 3 is 2.43 bits per heavy atom. The van der Waals surface area contributed by atoms with Crippen LogP contribution in [0.25, 0.3) is 0 Å². The fourth-order valence-electron chi connectivity index (χ4n) is 3.71. The van der Waals surface area contributed by atoms with Crippen LogP contribution in [-0.2, 0) is 19.1 Å². The van der Waals surface area contributed by atoms with E-state index in [0.717, 1.165) is 12.8 Å². The van der Waals surface area contributed by atoms with Gasteiger partial charge >= 0.3 is 6.09 Å². The Labute approximate surface area is 206 Å². The van der Waals surface area contributed by atoms with Gasteiger partial charge in [-0.2, -0.15) is 0 Å². The third-order valence-corrected chi connectivity index (χ3v) is 5.51. The first-order valence-corrected chi connectivity index (χ1v) is 12.0. The molecule has 2 rings (SSSR count). The molecule has 35 heavy (non-hydrogen) atoms. The van der Waals surface area contributed by atoms with Crippen LogP contribution in [0.4, 0.5) is 4.79 Å². The Balaban J connectivity index is 2.47. The summed E-state index contributed by atoms with van der Waals surface area (Å²) >= 11 is 0. The molecule has 0 aliphatic heterocycles. The molecule has 1 saturated carbocycles. The van der Waals surface area contributed by atoms with Crippen molar-refractivity contribution in [2.75, 3.05) is 6.54 Å². The van der Waals surface area contributed by atoms with Crippen LogP contribution in [0, 0.1) is 6.92 Å². The van der Waals surface area contributed by atoms with Crippen molar-refractivity contribution in [3.8, 4) is 5.75 Å². The van der Waals surface area contributed by atoms with E-state index in [-0.39, 0.29) is 17.4 Å². The molecule has 0 radical (unpaired) electrons. The highest BCUT2D eigenvalue weighted by molar-refractivity contribution is 5.95. The highest BCUT2D eigenvalue weighted by atomic mass is 16.6. The number of rotatable bonds is 11. The maximum Gasteiger partial charge on any atom is 0.408 e. The van der Waals surface area contributed by atoms with Crippen molar-refractivity contribution in [3.63, 3.8) is 0 Å². The number of amides is 4. The lowest BCUT2D eigenvalue weighted by Gasteiger charge is -2.34. The summed E-state index contributed by atoms with van der Waals surface area (Å²) in [4.78, 5) is 52.8. The minimum absolute atomic E-state index is 0.0897. The van der Waals surface area contributed by atoms with Crippen LogP contribution in [0.1, 0.15) is 77.0 Å². The summed E-state index contributed by atoms with van der Waals surface area (Å²) in [5.74, 6) is -1.98. The van der Waals surface area contributed by atoms with Crippen LogP contribution in [0.3, 0.4) is 0 Å². The molecule has 5 N–H and O–H groups in total. The van der Waals surface area contributed by atoms with E-state index in [0.29, 0.717) is 24.9 Å². The van der Waals surface area contributed by atoms with Gasteiger partial charge in [0.2, 0.25) is 17.7 Å². The molecule has 2 unspecified atom stereocenters. The number of unbranched alkanes of at least 4 members (excludes halogenated alkanes) is 1. The number of hydrogen-bond donors (Lipinski definition) is 4. The molecule has 10 heteroatoms. The Bertz CT molecular complexity index is 938. The van der Waals surface area contributed by atoms with Crippen LogP contribution in [0.5, 0.6) is 5.75 Å². The van der Waals surface area contributed by atoms with Crippen LogP contribution in [0.2, 0.25) is 0 Å². The van der Waals surface area contributed by atoms with E-state index >= 15 is 0 Å². The summed E-state index contributed by atoms with van der Waals surface area (Å²) in [6, 6.07) is 2.23. The average molecular weight is 491 g/mol. The summed E-state index contributed by atoms with van der Waals surface area (Å²) in [6.07, 6.45) is 1.56. The first kappa shape index (κ1) is 27.9. The quantitative estimate of drug-likeness (QED) is 0.350. The number of nitrogens with one attached hydrogen (secondary N) is 2. The van der Waals surface area contributed by atoms with E-state index in [1.807, 2.05) is 6.92 Å². The second kappa shape index (κ2) is 11.9. The number of para-hydroxylation sites is 1. The second-order valence-electron chi connectivity index (χ2n) is 9.91. The van der Waals surface area contributed by atoms with E-state index in [2.05, 4.69) is 10.6 Å². The number of carbonyl (C=O) groups excluding carboxylic acids is 4. The standard InChI is InChI=1S/C25H38N4O6/c1-6-7-13-27-22(32)20(17-10-8-9-15(2)21(17)31)29(16-11-12-16)23(33)18(14-19(26)30)28-24(34)35-25(3,4)5/h8-10,16,18,20,31H,6-7,11-14H2,1-5H3,(H2,26,30)(H,27,32)(H,28,34). The van der Waals surface area contributed by atoms with Crippen LogP contribution >= 0.6 is 0 Å². The monoisotopic (exact) mass is 490 g/mol. The molecule has 0 aromatic heterocycles. The smallest absolute Gasteiger partial charge is 0.408 e. The van der Waals surface area contributed by atoms with Crippen molar-refractivity contribution < 1.29 is 29.0 Å². The number of aryl methyl sites for hydroxylation is 1. The molecule has 1 aromatic rings. The number of phenols is 1. The number of nitrogens with two attached hydrogens (primary N) is 1. The van der Waals surface area contributed by atoms with Crippen molar-refractivity contribution in [1.29, 1.82) is 0 Å². The number of ether oxygens (including phenoxy) is 1. The molecule has 2 atom stereocenters. The van der Waals surface area contributed by atoms with E-state index in [4.69, 9.17) is 10.5 Å². The van der Waals surface area contributed by atoms with Crippen molar-refractivity contribution in [2.45, 2.75) is 90.4 Å². The molecule has 0 saturated heterocycles. The number of nitrogens with zero attached hydrogens (tertiary/aromatic N) is 1. The summed E-state index contributed by atoms with van der Waals surface area (Å²) in [5, 5.41) is 16.1. The summed E-state index contributed by atoms with van der Waals surface area (Å²) in [6.45, 7) is 9.12. The number of carbonyl (C=O) groups is 4. The van der Waals surface area contributed by atoms with Gasteiger partial charge in [0.15, 0.2) is 0 Å². The number of primary amides is 1. The zero-order valence-electron chi connectivity index (χ0n) is 21.2. The van der Waals surface area contributed by atoms with E-state index in [9.17, 15) is 24.3 Å². The van der Waals surface area contributed by atoms with Crippen LogP contribution in [-0.4, -0.2) is 58.1 Å². The van der Waals surface area contributed by atoms with Gasteiger partial charge < -0.3 is 31.1 Å². The number of phenolic OH excluding ortho intramolecular Hbond substituents is 1. The van der Waals surface area contributed by atoms with Gasteiger partial charge in [-0.3, -0.25) is 14.4 Å². The third-order valence-electron chi connectivity index (χ3n) is 5.51. The van der Waals surface area contributed by atoms with E-state index in [1.165, 1.54) is 4.90 Å². The maximum atomic E-state index is 13.8. The zero-order valence-corrected chi connectivity index (χ0v) is 21.2. The van der Waals surface area contributed by atoms with Crippen molar-refractivity contribution in [1.82, 2.24) is 15.5 Å². The molecule has 0 spiro atoms. The molecule has 4 amide bonds. The number of hydrogen-bond acceptors (Lipinski definition) is 6. The normalized spacial score (nSPS) is 15.0. The van der Waals surface area contributed by atoms with Crippen LogP contribution in [0.15, 0.2) is 18.2 Å². The highest BCUT2D eigenvalue weighted by Gasteiger charge is 2.45. The fourth-order valence-corrected chi connectivity index (χ4v) is 3.71. The van der Waals surface area contributed by atoms with Crippen molar-refractivity contribution in [2.24, 2.45) is 5.73 Å².